The van der Waals surface area contributed by atoms with E-state index >= 15 is 0 Å². The van der Waals surface area contributed by atoms with Gasteiger partial charge in [-0.2, -0.15) is 0 Å². The van der Waals surface area contributed by atoms with Crippen LogP contribution in [0.3, 0.4) is 0 Å². The normalized spacial score (nSPS) is 10.9. The zero-order valence-electron chi connectivity index (χ0n) is 13.6. The number of hydrogen-bond donors (Lipinski definition) is 1. The van der Waals surface area contributed by atoms with Crippen molar-refractivity contribution in [3.8, 4) is 11.3 Å². The Morgan fingerprint density at radius 3 is 2.59 bits per heavy atom. The van der Waals surface area contributed by atoms with Crippen LogP contribution in [0.5, 0.6) is 0 Å². The third-order valence-electron chi connectivity index (χ3n) is 3.94. The Labute approximate surface area is 167 Å². The molecule has 0 saturated carbocycles. The van der Waals surface area contributed by atoms with Crippen molar-refractivity contribution in [2.45, 2.75) is 0 Å². The van der Waals surface area contributed by atoms with E-state index in [0.717, 1.165) is 5.56 Å². The second kappa shape index (κ2) is 7.15. The first-order valence-electron chi connectivity index (χ1n) is 7.85. The molecule has 8 heteroatoms. The largest absolute Gasteiger partial charge is 0.322 e. The lowest BCUT2D eigenvalue weighted by Crippen LogP contribution is -2.26. The number of hydrogen-bond acceptors (Lipinski definition) is 4. The maximum atomic E-state index is 13.0. The molecule has 0 radical (unpaired) electrons. The van der Waals surface area contributed by atoms with E-state index < -0.39 is 11.5 Å². The maximum Gasteiger partial charge on any atom is 0.271 e. The molecule has 0 aliphatic carbocycles. The maximum absolute atomic E-state index is 13.0. The molecule has 0 spiro atoms. The zero-order valence-corrected chi connectivity index (χ0v) is 16.0. The fraction of sp³-hybridized carbons (Fsp3) is 0. The quantitative estimate of drug-likeness (QED) is 0.512. The number of nitrogens with one attached hydrogen (secondary N) is 1. The van der Waals surface area contributed by atoms with Crippen molar-refractivity contribution < 1.29 is 4.79 Å². The summed E-state index contributed by atoms with van der Waals surface area (Å²) in [5, 5.41) is 5.19. The number of rotatable bonds is 3. The van der Waals surface area contributed by atoms with Crippen LogP contribution in [0.2, 0.25) is 10.0 Å². The Hall–Kier alpha value is -2.67. The molecular formula is C19H11Cl2N3O2S. The summed E-state index contributed by atoms with van der Waals surface area (Å²) >= 11 is 13.2. The van der Waals surface area contributed by atoms with E-state index in [9.17, 15) is 9.59 Å². The molecule has 0 unspecified atom stereocenters. The van der Waals surface area contributed by atoms with Gasteiger partial charge < -0.3 is 5.32 Å². The predicted octanol–water partition coefficient (Wildman–Crippen LogP) is 4.98. The van der Waals surface area contributed by atoms with E-state index in [0.29, 0.717) is 26.4 Å². The summed E-state index contributed by atoms with van der Waals surface area (Å²) in [6.07, 6.45) is 1.29. The summed E-state index contributed by atoms with van der Waals surface area (Å²) in [5.41, 5.74) is 1.51. The van der Waals surface area contributed by atoms with E-state index in [4.69, 9.17) is 23.2 Å². The Balaban J connectivity index is 1.76. The van der Waals surface area contributed by atoms with Crippen molar-refractivity contribution >= 4 is 51.1 Å². The van der Waals surface area contributed by atoms with Gasteiger partial charge in [0.05, 0.1) is 15.7 Å². The number of anilines is 1. The molecule has 5 nitrogen and oxygen atoms in total. The SMILES string of the molecule is O=C(Nc1ccc(Cl)c(Cl)c1)c1cnc2scc(-c3ccccc3)n2c1=O. The van der Waals surface area contributed by atoms with Crippen molar-refractivity contribution in [3.05, 3.63) is 86.1 Å². The lowest BCUT2D eigenvalue weighted by molar-refractivity contribution is 0.102. The molecule has 4 aromatic rings. The molecule has 27 heavy (non-hydrogen) atoms. The molecule has 4 rings (SSSR count). The van der Waals surface area contributed by atoms with Crippen LogP contribution in [0.4, 0.5) is 5.69 Å². The van der Waals surface area contributed by atoms with Gasteiger partial charge in [-0.15, -0.1) is 11.3 Å². The van der Waals surface area contributed by atoms with Crippen molar-refractivity contribution in [1.29, 1.82) is 0 Å². The van der Waals surface area contributed by atoms with E-state index in [-0.39, 0.29) is 5.56 Å². The van der Waals surface area contributed by atoms with Gasteiger partial charge in [-0.25, -0.2) is 4.98 Å². The second-order valence-electron chi connectivity index (χ2n) is 5.66. The van der Waals surface area contributed by atoms with Crippen molar-refractivity contribution in [1.82, 2.24) is 9.38 Å². The third kappa shape index (κ3) is 3.35. The number of carbonyl (C=O) groups is 1. The first kappa shape index (κ1) is 17.7. The predicted molar refractivity (Wildman–Crippen MR) is 109 cm³/mol. The molecule has 2 aromatic carbocycles. The smallest absolute Gasteiger partial charge is 0.271 e. The molecule has 2 heterocycles. The van der Waals surface area contributed by atoms with Crippen LogP contribution in [0, 0.1) is 0 Å². The average molecular weight is 416 g/mol. The molecular weight excluding hydrogens is 405 g/mol. The number of carbonyl (C=O) groups excluding carboxylic acids is 1. The van der Waals surface area contributed by atoms with Crippen LogP contribution in [-0.4, -0.2) is 15.3 Å². The van der Waals surface area contributed by atoms with Crippen LogP contribution < -0.4 is 10.9 Å². The third-order valence-corrected chi connectivity index (χ3v) is 5.52. The lowest BCUT2D eigenvalue weighted by atomic mass is 10.2. The van der Waals surface area contributed by atoms with Gasteiger partial charge in [-0.3, -0.25) is 14.0 Å². The van der Waals surface area contributed by atoms with E-state index in [1.807, 2.05) is 35.7 Å². The summed E-state index contributed by atoms with van der Waals surface area (Å²) in [6.45, 7) is 0. The van der Waals surface area contributed by atoms with Gasteiger partial charge in [-0.1, -0.05) is 53.5 Å². The van der Waals surface area contributed by atoms with Gasteiger partial charge >= 0.3 is 0 Å². The van der Waals surface area contributed by atoms with Crippen LogP contribution in [0.1, 0.15) is 10.4 Å². The highest BCUT2D eigenvalue weighted by Crippen LogP contribution is 2.26. The molecule has 0 saturated heterocycles. The molecule has 0 aliphatic heterocycles. The van der Waals surface area contributed by atoms with Gasteiger partial charge in [0.25, 0.3) is 11.5 Å². The number of nitrogens with zero attached hydrogens (tertiary/aromatic N) is 2. The minimum absolute atomic E-state index is 0.0610. The Bertz CT molecular complexity index is 1220. The molecule has 0 aliphatic rings. The monoisotopic (exact) mass is 415 g/mol. The molecule has 0 fully saturated rings. The summed E-state index contributed by atoms with van der Waals surface area (Å²) in [7, 11) is 0. The molecule has 1 N–H and O–H groups in total. The van der Waals surface area contributed by atoms with Crippen LogP contribution in [0.15, 0.2) is 64.9 Å². The molecule has 2 aromatic heterocycles. The Kier molecular flexibility index (Phi) is 4.70. The fourth-order valence-corrected chi connectivity index (χ4v) is 3.79. The minimum Gasteiger partial charge on any atom is -0.322 e. The van der Waals surface area contributed by atoms with Gasteiger partial charge in [0.2, 0.25) is 0 Å². The molecule has 1 amide bonds. The first-order chi connectivity index (χ1) is 13.0. The summed E-state index contributed by atoms with van der Waals surface area (Å²) in [6, 6.07) is 14.2. The number of halogens is 2. The van der Waals surface area contributed by atoms with Crippen LogP contribution >= 0.6 is 34.5 Å². The van der Waals surface area contributed by atoms with Crippen molar-refractivity contribution in [2.24, 2.45) is 0 Å². The highest BCUT2D eigenvalue weighted by atomic mass is 35.5. The minimum atomic E-state index is -0.564. The summed E-state index contributed by atoms with van der Waals surface area (Å²) < 4.78 is 1.45. The number of thiazole rings is 1. The number of amides is 1. The molecule has 0 bridgehead atoms. The number of aromatic nitrogens is 2. The first-order valence-corrected chi connectivity index (χ1v) is 9.49. The fourth-order valence-electron chi connectivity index (χ4n) is 2.63. The van der Waals surface area contributed by atoms with Crippen LogP contribution in [0.25, 0.3) is 16.2 Å². The number of benzene rings is 2. The highest BCUT2D eigenvalue weighted by molar-refractivity contribution is 7.15. The Morgan fingerprint density at radius 1 is 1.07 bits per heavy atom. The van der Waals surface area contributed by atoms with Gasteiger partial charge in [0.15, 0.2) is 4.96 Å². The van der Waals surface area contributed by atoms with Gasteiger partial charge in [-0.05, 0) is 23.8 Å². The summed E-state index contributed by atoms with van der Waals surface area (Å²) in [4.78, 5) is 30.3. The Morgan fingerprint density at radius 2 is 1.85 bits per heavy atom. The van der Waals surface area contributed by atoms with Crippen molar-refractivity contribution in [2.75, 3.05) is 5.32 Å². The van der Waals surface area contributed by atoms with Gasteiger partial charge in [0.1, 0.15) is 5.56 Å². The average Bonchev–Trinajstić information content (AvgIpc) is 3.11. The lowest BCUT2D eigenvalue weighted by Gasteiger charge is -2.07. The van der Waals surface area contributed by atoms with E-state index in [1.165, 1.54) is 28.0 Å². The second-order valence-corrected chi connectivity index (χ2v) is 7.32. The number of fused-ring (bicyclic) bond motifs is 1. The van der Waals surface area contributed by atoms with E-state index in [1.54, 1.807) is 12.1 Å². The standard InChI is InChI=1S/C19H11Cl2N3O2S/c20-14-7-6-12(8-15(14)21)23-17(25)13-9-22-19-24(18(13)26)16(10-27-19)11-4-2-1-3-5-11/h1-10H,(H,23,25). The summed E-state index contributed by atoms with van der Waals surface area (Å²) in [5.74, 6) is -0.564. The molecule has 0 atom stereocenters. The van der Waals surface area contributed by atoms with Crippen molar-refractivity contribution in [3.63, 3.8) is 0 Å². The molecule has 134 valence electrons. The van der Waals surface area contributed by atoms with E-state index in [2.05, 4.69) is 10.3 Å². The highest BCUT2D eigenvalue weighted by Gasteiger charge is 2.17. The van der Waals surface area contributed by atoms with Crippen LogP contribution in [-0.2, 0) is 0 Å². The van der Waals surface area contributed by atoms with Gasteiger partial charge in [0, 0.05) is 17.3 Å². The zero-order chi connectivity index (χ0) is 19.0. The topological polar surface area (TPSA) is 63.5 Å².